The molecule has 0 saturated heterocycles. The van der Waals surface area contributed by atoms with E-state index in [-0.39, 0.29) is 20.6 Å². The maximum atomic E-state index is 13.3. The van der Waals surface area contributed by atoms with Crippen molar-refractivity contribution in [3.63, 3.8) is 0 Å². The first kappa shape index (κ1) is 24.3. The first-order valence-corrected chi connectivity index (χ1v) is 12.3. The minimum absolute atomic E-state index is 0.0117. The third-order valence-corrected chi connectivity index (χ3v) is 7.49. The zero-order valence-corrected chi connectivity index (χ0v) is 20.7. The minimum atomic E-state index is -4.11. The minimum Gasteiger partial charge on any atom is -0.271 e. The van der Waals surface area contributed by atoms with Crippen molar-refractivity contribution in [3.8, 4) is 0 Å². The number of sulfonamides is 1. The second-order valence-electron chi connectivity index (χ2n) is 6.64. The predicted molar refractivity (Wildman–Crippen MR) is 132 cm³/mol. The maximum Gasteiger partial charge on any atom is 0.264 e. The summed E-state index contributed by atoms with van der Waals surface area (Å²) in [6.07, 6.45) is 0. The van der Waals surface area contributed by atoms with Gasteiger partial charge in [-0.25, -0.2) is 13.8 Å². The lowest BCUT2D eigenvalue weighted by Crippen LogP contribution is -2.40. The molecular formula is C22H18BrCl2N3O3S. The van der Waals surface area contributed by atoms with Gasteiger partial charge in [0.1, 0.15) is 6.54 Å². The Balaban J connectivity index is 1.91. The summed E-state index contributed by atoms with van der Waals surface area (Å²) in [7, 11) is -4.11. The third-order valence-electron chi connectivity index (χ3n) is 4.41. The summed E-state index contributed by atoms with van der Waals surface area (Å²) in [6, 6.07) is 19.7. The average Bonchev–Trinajstić information content (AvgIpc) is 2.78. The van der Waals surface area contributed by atoms with Crippen LogP contribution in [0.2, 0.25) is 10.0 Å². The molecule has 0 heterocycles. The Labute approximate surface area is 205 Å². The summed E-state index contributed by atoms with van der Waals surface area (Å²) >= 11 is 15.8. The number of benzene rings is 3. The number of nitrogens with zero attached hydrogens (tertiary/aromatic N) is 2. The molecule has 0 atom stereocenters. The molecule has 0 aliphatic rings. The van der Waals surface area contributed by atoms with Crippen LogP contribution >= 0.6 is 39.1 Å². The predicted octanol–water partition coefficient (Wildman–Crippen LogP) is 5.49. The molecule has 0 aliphatic carbocycles. The van der Waals surface area contributed by atoms with Gasteiger partial charge in [-0.1, -0.05) is 75.5 Å². The van der Waals surface area contributed by atoms with Crippen molar-refractivity contribution in [2.24, 2.45) is 5.10 Å². The summed E-state index contributed by atoms with van der Waals surface area (Å²) in [6.45, 7) is 1.18. The van der Waals surface area contributed by atoms with Crippen molar-refractivity contribution in [3.05, 3.63) is 92.9 Å². The van der Waals surface area contributed by atoms with Gasteiger partial charge in [-0.15, -0.1) is 0 Å². The van der Waals surface area contributed by atoms with E-state index >= 15 is 0 Å². The highest BCUT2D eigenvalue weighted by atomic mass is 79.9. The van der Waals surface area contributed by atoms with Crippen molar-refractivity contribution < 1.29 is 13.2 Å². The van der Waals surface area contributed by atoms with Crippen LogP contribution in [0.15, 0.2) is 87.3 Å². The lowest BCUT2D eigenvalue weighted by molar-refractivity contribution is -0.119. The molecule has 0 fully saturated rings. The zero-order valence-electron chi connectivity index (χ0n) is 16.8. The standard InChI is InChI=1S/C22H18BrCl2N3O3S/c1-15(16-7-5-8-17(23)13-16)26-27-21(29)14-28(20-12-6-11-19(24)22(20)25)32(30,31)18-9-3-2-4-10-18/h2-13H,14H2,1H3,(H,27,29)/b26-15+. The van der Waals surface area contributed by atoms with Gasteiger partial charge in [0.05, 0.1) is 26.3 Å². The summed E-state index contributed by atoms with van der Waals surface area (Å²) in [5, 5.41) is 4.28. The van der Waals surface area contributed by atoms with E-state index in [2.05, 4.69) is 26.5 Å². The Morgan fingerprint density at radius 1 is 1.03 bits per heavy atom. The van der Waals surface area contributed by atoms with E-state index in [1.165, 1.54) is 24.3 Å². The fourth-order valence-corrected chi connectivity index (χ4v) is 5.10. The van der Waals surface area contributed by atoms with Crippen LogP contribution in [0.4, 0.5) is 5.69 Å². The number of carbonyl (C=O) groups excluding carboxylic acids is 1. The van der Waals surface area contributed by atoms with E-state index in [1.807, 2.05) is 24.3 Å². The Morgan fingerprint density at radius 3 is 2.41 bits per heavy atom. The molecule has 1 N–H and O–H groups in total. The summed E-state index contributed by atoms with van der Waals surface area (Å²) < 4.78 is 28.4. The second-order valence-corrected chi connectivity index (χ2v) is 10.2. The Bertz CT molecular complexity index is 1270. The van der Waals surface area contributed by atoms with E-state index in [9.17, 15) is 13.2 Å². The highest BCUT2D eigenvalue weighted by Gasteiger charge is 2.29. The molecule has 0 radical (unpaired) electrons. The van der Waals surface area contributed by atoms with Gasteiger partial charge in [0, 0.05) is 4.47 Å². The van der Waals surface area contributed by atoms with Crippen molar-refractivity contribution in [2.45, 2.75) is 11.8 Å². The van der Waals surface area contributed by atoms with Crippen LogP contribution in [-0.4, -0.2) is 26.6 Å². The number of carbonyl (C=O) groups is 1. The molecule has 0 aromatic heterocycles. The molecule has 1 amide bonds. The fourth-order valence-electron chi connectivity index (χ4n) is 2.79. The monoisotopic (exact) mass is 553 g/mol. The maximum absolute atomic E-state index is 13.3. The molecule has 0 aliphatic heterocycles. The Hall–Kier alpha value is -2.39. The second kappa shape index (κ2) is 10.5. The molecule has 6 nitrogen and oxygen atoms in total. The number of hydrogen-bond donors (Lipinski definition) is 1. The molecule has 0 saturated carbocycles. The van der Waals surface area contributed by atoms with Crippen LogP contribution in [0.1, 0.15) is 12.5 Å². The highest BCUT2D eigenvalue weighted by molar-refractivity contribution is 9.10. The van der Waals surface area contributed by atoms with E-state index in [4.69, 9.17) is 23.2 Å². The molecule has 3 rings (SSSR count). The highest BCUT2D eigenvalue weighted by Crippen LogP contribution is 2.35. The zero-order chi connectivity index (χ0) is 23.3. The van der Waals surface area contributed by atoms with Crippen LogP contribution < -0.4 is 9.73 Å². The molecule has 0 bridgehead atoms. The van der Waals surface area contributed by atoms with Crippen LogP contribution in [0, 0.1) is 0 Å². The SMILES string of the molecule is C/C(=N\NC(=O)CN(c1cccc(Cl)c1Cl)S(=O)(=O)c1ccccc1)c1cccc(Br)c1. The lowest BCUT2D eigenvalue weighted by atomic mass is 10.1. The fraction of sp³-hybridized carbons (Fsp3) is 0.0909. The Morgan fingerprint density at radius 2 is 1.72 bits per heavy atom. The van der Waals surface area contributed by atoms with E-state index in [0.717, 1.165) is 14.3 Å². The third kappa shape index (κ3) is 5.69. The smallest absolute Gasteiger partial charge is 0.264 e. The van der Waals surface area contributed by atoms with Crippen LogP contribution in [0.3, 0.4) is 0 Å². The number of hydrazone groups is 1. The topological polar surface area (TPSA) is 78.8 Å². The van der Waals surface area contributed by atoms with Gasteiger partial charge >= 0.3 is 0 Å². The molecule has 0 unspecified atom stereocenters. The lowest BCUT2D eigenvalue weighted by Gasteiger charge is -2.25. The van der Waals surface area contributed by atoms with Crippen molar-refractivity contribution >= 4 is 66.5 Å². The summed E-state index contributed by atoms with van der Waals surface area (Å²) in [4.78, 5) is 12.7. The molecular weight excluding hydrogens is 537 g/mol. The largest absolute Gasteiger partial charge is 0.271 e. The van der Waals surface area contributed by atoms with Crippen LogP contribution in [0.5, 0.6) is 0 Å². The molecule has 0 spiro atoms. The molecule has 32 heavy (non-hydrogen) atoms. The first-order chi connectivity index (χ1) is 15.2. The van der Waals surface area contributed by atoms with Gasteiger partial charge in [0.2, 0.25) is 0 Å². The van der Waals surface area contributed by atoms with Crippen LogP contribution in [0.25, 0.3) is 0 Å². The number of anilines is 1. The van der Waals surface area contributed by atoms with Gasteiger partial charge in [0.15, 0.2) is 0 Å². The normalized spacial score (nSPS) is 11.8. The Kier molecular flexibility index (Phi) is 7.95. The van der Waals surface area contributed by atoms with Crippen molar-refractivity contribution in [2.75, 3.05) is 10.8 Å². The van der Waals surface area contributed by atoms with Crippen molar-refractivity contribution in [1.82, 2.24) is 5.43 Å². The number of halogens is 3. The van der Waals surface area contributed by atoms with Crippen LogP contribution in [-0.2, 0) is 14.8 Å². The average molecular weight is 555 g/mol. The first-order valence-electron chi connectivity index (χ1n) is 9.31. The molecule has 3 aromatic rings. The van der Waals surface area contributed by atoms with E-state index in [1.54, 1.807) is 31.2 Å². The molecule has 10 heteroatoms. The van der Waals surface area contributed by atoms with E-state index in [0.29, 0.717) is 5.71 Å². The number of nitrogens with one attached hydrogen (secondary N) is 1. The van der Waals surface area contributed by atoms with E-state index < -0.39 is 22.5 Å². The summed E-state index contributed by atoms with van der Waals surface area (Å²) in [5.74, 6) is -0.644. The molecule has 166 valence electrons. The van der Waals surface area contributed by atoms with Gasteiger partial charge in [-0.2, -0.15) is 5.10 Å². The number of hydrogen-bond acceptors (Lipinski definition) is 4. The van der Waals surface area contributed by atoms with Gasteiger partial charge in [0.25, 0.3) is 15.9 Å². The molecule has 3 aromatic carbocycles. The number of rotatable bonds is 7. The van der Waals surface area contributed by atoms with Gasteiger partial charge in [-0.3, -0.25) is 9.10 Å². The van der Waals surface area contributed by atoms with Gasteiger partial charge < -0.3 is 0 Å². The quantitative estimate of drug-likeness (QED) is 0.310. The van der Waals surface area contributed by atoms with Crippen molar-refractivity contribution in [1.29, 1.82) is 0 Å². The summed E-state index contributed by atoms with van der Waals surface area (Å²) in [5.41, 5.74) is 3.85. The number of amides is 1. The van der Waals surface area contributed by atoms with Gasteiger partial charge in [-0.05, 0) is 48.9 Å².